The van der Waals surface area contributed by atoms with Gasteiger partial charge in [-0.1, -0.05) is 47.3 Å². The number of thiazole rings is 1. The summed E-state index contributed by atoms with van der Waals surface area (Å²) in [5, 5.41) is 12.4. The number of carbonyl (C=O) groups is 1. The number of nitrogens with one attached hydrogen (secondary N) is 1. The van der Waals surface area contributed by atoms with Crippen molar-refractivity contribution in [2.75, 3.05) is 6.54 Å². The third-order valence-electron chi connectivity index (χ3n) is 5.49. The Balaban J connectivity index is 1.30. The molecule has 1 amide bonds. The van der Waals surface area contributed by atoms with Crippen LogP contribution in [0, 0.1) is 0 Å². The lowest BCUT2D eigenvalue weighted by Crippen LogP contribution is -2.32. The number of nitrogens with zero attached hydrogens (tertiary/aromatic N) is 4. The molecule has 0 aliphatic heterocycles. The van der Waals surface area contributed by atoms with Gasteiger partial charge in [0.25, 0.3) is 0 Å². The fourth-order valence-corrected chi connectivity index (χ4v) is 6.67. The minimum absolute atomic E-state index is 0.0578. The zero-order valence-electron chi connectivity index (χ0n) is 18.5. The summed E-state index contributed by atoms with van der Waals surface area (Å²) < 4.78 is 4.33. The third-order valence-corrected chi connectivity index (χ3v) is 8.75. The first-order valence-corrected chi connectivity index (χ1v) is 13.8. The quantitative estimate of drug-likeness (QED) is 0.293. The van der Waals surface area contributed by atoms with Crippen LogP contribution in [0.4, 0.5) is 0 Å². The van der Waals surface area contributed by atoms with Crippen LogP contribution in [-0.4, -0.2) is 37.5 Å². The number of rotatable bonds is 10. The zero-order valence-corrected chi connectivity index (χ0v) is 21.0. The molecule has 0 saturated heterocycles. The van der Waals surface area contributed by atoms with E-state index in [2.05, 4.69) is 44.1 Å². The second-order valence-electron chi connectivity index (χ2n) is 7.79. The summed E-state index contributed by atoms with van der Waals surface area (Å²) in [6, 6.07) is 8.19. The molecular weight excluding hydrogens is 458 g/mol. The van der Waals surface area contributed by atoms with Gasteiger partial charge in [-0.2, -0.15) is 0 Å². The summed E-state index contributed by atoms with van der Waals surface area (Å²) in [4.78, 5) is 17.3. The van der Waals surface area contributed by atoms with Gasteiger partial charge in [-0.05, 0) is 58.1 Å². The van der Waals surface area contributed by atoms with E-state index in [1.54, 1.807) is 23.1 Å². The number of hydrogen-bond acceptors (Lipinski definition) is 7. The smallest absolute Gasteiger partial charge is 0.233 e. The highest BCUT2D eigenvalue weighted by Gasteiger charge is 2.20. The van der Waals surface area contributed by atoms with Gasteiger partial charge in [-0.3, -0.25) is 4.79 Å². The van der Waals surface area contributed by atoms with E-state index < -0.39 is 0 Å². The Bertz CT molecular complexity index is 1060. The summed E-state index contributed by atoms with van der Waals surface area (Å²) in [6.45, 7) is 5.50. The van der Waals surface area contributed by atoms with Crippen LogP contribution in [0.3, 0.4) is 0 Å². The summed E-state index contributed by atoms with van der Waals surface area (Å²) in [6.07, 6.45) is 8.23. The molecule has 1 aliphatic rings. The van der Waals surface area contributed by atoms with E-state index in [4.69, 9.17) is 0 Å². The van der Waals surface area contributed by atoms with Crippen molar-refractivity contribution in [3.8, 4) is 0 Å². The number of aromatic nitrogens is 4. The van der Waals surface area contributed by atoms with Crippen molar-refractivity contribution in [3.63, 3.8) is 0 Å². The molecule has 0 bridgehead atoms. The maximum atomic E-state index is 12.6. The van der Waals surface area contributed by atoms with Crippen molar-refractivity contribution in [1.29, 1.82) is 0 Å². The molecule has 2 heterocycles. The molecule has 2 aromatic heterocycles. The number of fused-ring (bicyclic) bond motifs is 1. The van der Waals surface area contributed by atoms with Crippen molar-refractivity contribution in [2.45, 2.75) is 73.0 Å². The van der Waals surface area contributed by atoms with Crippen LogP contribution in [0.5, 0.6) is 0 Å². The number of amides is 1. The molecule has 9 heteroatoms. The van der Waals surface area contributed by atoms with Gasteiger partial charge < -0.3 is 9.88 Å². The van der Waals surface area contributed by atoms with E-state index in [-0.39, 0.29) is 11.2 Å². The molecule has 32 heavy (non-hydrogen) atoms. The number of para-hydroxylation sites is 1. The van der Waals surface area contributed by atoms with Crippen LogP contribution in [0.2, 0.25) is 0 Å². The van der Waals surface area contributed by atoms with Crippen LogP contribution in [0.15, 0.2) is 45.4 Å². The average Bonchev–Trinajstić information content (AvgIpc) is 3.41. The van der Waals surface area contributed by atoms with Crippen LogP contribution in [0.25, 0.3) is 10.2 Å². The van der Waals surface area contributed by atoms with Gasteiger partial charge in [0, 0.05) is 13.1 Å². The molecule has 1 N–H and O–H groups in total. The normalized spacial score (nSPS) is 15.0. The fourth-order valence-electron chi connectivity index (χ4n) is 3.70. The molecule has 1 atom stereocenters. The molecule has 3 aromatic rings. The van der Waals surface area contributed by atoms with E-state index in [1.165, 1.54) is 47.7 Å². The summed E-state index contributed by atoms with van der Waals surface area (Å²) in [5.41, 5.74) is 2.52. The molecule has 4 rings (SSSR count). The second-order valence-corrected chi connectivity index (χ2v) is 11.3. The summed E-state index contributed by atoms with van der Waals surface area (Å²) in [7, 11) is 0. The number of carbonyl (C=O) groups excluding carboxylic acids is 1. The van der Waals surface area contributed by atoms with E-state index in [9.17, 15) is 4.79 Å². The lowest BCUT2D eigenvalue weighted by atomic mass is 9.97. The molecule has 1 aliphatic carbocycles. The van der Waals surface area contributed by atoms with Crippen LogP contribution < -0.4 is 5.32 Å². The Hall–Kier alpha value is -1.84. The van der Waals surface area contributed by atoms with Crippen molar-refractivity contribution >= 4 is 51.0 Å². The molecule has 0 radical (unpaired) electrons. The summed E-state index contributed by atoms with van der Waals surface area (Å²) in [5.74, 6) is 1.68. The van der Waals surface area contributed by atoms with Gasteiger partial charge >= 0.3 is 0 Å². The molecule has 0 fully saturated rings. The van der Waals surface area contributed by atoms with Gasteiger partial charge in [0.05, 0.1) is 21.2 Å². The number of hydrogen-bond donors (Lipinski definition) is 1. The van der Waals surface area contributed by atoms with Gasteiger partial charge in [0.15, 0.2) is 9.50 Å². The average molecular weight is 488 g/mol. The Morgan fingerprint density at radius 2 is 2.16 bits per heavy atom. The highest BCUT2D eigenvalue weighted by molar-refractivity contribution is 8.00. The van der Waals surface area contributed by atoms with Crippen molar-refractivity contribution in [2.24, 2.45) is 0 Å². The van der Waals surface area contributed by atoms with Gasteiger partial charge in [-0.15, -0.1) is 21.5 Å². The van der Waals surface area contributed by atoms with Gasteiger partial charge in [-0.25, -0.2) is 4.98 Å². The minimum Gasteiger partial charge on any atom is -0.355 e. The van der Waals surface area contributed by atoms with Gasteiger partial charge in [0.1, 0.15) is 5.82 Å². The van der Waals surface area contributed by atoms with Crippen LogP contribution >= 0.6 is 34.9 Å². The maximum absolute atomic E-state index is 12.6. The predicted molar refractivity (Wildman–Crippen MR) is 134 cm³/mol. The van der Waals surface area contributed by atoms with Crippen molar-refractivity contribution in [1.82, 2.24) is 25.1 Å². The standard InChI is InChI=1S/C23H29N5OS3/c1-3-28-20(15-30-23-25-18-11-7-8-12-19(18)32-23)26-27-22(28)31-16(2)21(29)24-14-13-17-9-5-4-6-10-17/h7-9,11-12,16H,3-6,10,13-15H2,1-2H3,(H,24,29). The highest BCUT2D eigenvalue weighted by Crippen LogP contribution is 2.32. The van der Waals surface area contributed by atoms with E-state index in [0.29, 0.717) is 12.3 Å². The molecule has 0 spiro atoms. The maximum Gasteiger partial charge on any atom is 0.233 e. The Labute approximate surface area is 201 Å². The first-order chi connectivity index (χ1) is 15.6. The largest absolute Gasteiger partial charge is 0.355 e. The molecule has 0 saturated carbocycles. The molecule has 1 aromatic carbocycles. The number of thioether (sulfide) groups is 2. The van der Waals surface area contributed by atoms with Crippen molar-refractivity contribution < 1.29 is 4.79 Å². The topological polar surface area (TPSA) is 72.7 Å². The SMILES string of the molecule is CCn1c(CSc2nc3ccccc3s2)nnc1SC(C)C(=O)NCCC1=CCCCC1. The molecule has 1 unspecified atom stereocenters. The summed E-state index contributed by atoms with van der Waals surface area (Å²) >= 11 is 4.86. The van der Waals surface area contributed by atoms with E-state index >= 15 is 0 Å². The fraction of sp³-hybridized carbons (Fsp3) is 0.478. The number of allylic oxidation sites excluding steroid dienone is 1. The number of benzene rings is 1. The lowest BCUT2D eigenvalue weighted by molar-refractivity contribution is -0.120. The molecule has 170 valence electrons. The van der Waals surface area contributed by atoms with Gasteiger partial charge in [0.2, 0.25) is 5.91 Å². The zero-order chi connectivity index (χ0) is 22.3. The highest BCUT2D eigenvalue weighted by atomic mass is 32.2. The monoisotopic (exact) mass is 487 g/mol. The minimum atomic E-state index is -0.213. The van der Waals surface area contributed by atoms with E-state index in [1.807, 2.05) is 25.1 Å². The Morgan fingerprint density at radius 3 is 2.94 bits per heavy atom. The second kappa shape index (κ2) is 11.3. The van der Waals surface area contributed by atoms with Crippen LogP contribution in [0.1, 0.15) is 51.8 Å². The molecule has 6 nitrogen and oxygen atoms in total. The first-order valence-electron chi connectivity index (χ1n) is 11.2. The Kier molecular flexibility index (Phi) is 8.26. The third kappa shape index (κ3) is 5.94. The van der Waals surface area contributed by atoms with Crippen LogP contribution in [-0.2, 0) is 17.1 Å². The lowest BCUT2D eigenvalue weighted by Gasteiger charge is -2.15. The van der Waals surface area contributed by atoms with E-state index in [0.717, 1.165) is 33.8 Å². The molecular formula is C23H29N5OS3. The first kappa shape index (κ1) is 23.3. The Morgan fingerprint density at radius 1 is 1.28 bits per heavy atom. The predicted octanol–water partition coefficient (Wildman–Crippen LogP) is 5.69. The van der Waals surface area contributed by atoms with Crippen molar-refractivity contribution in [3.05, 3.63) is 41.7 Å².